The summed E-state index contributed by atoms with van der Waals surface area (Å²) in [4.78, 5) is 19.7. The van der Waals surface area contributed by atoms with Crippen LogP contribution in [0.4, 0.5) is 0 Å². The fourth-order valence-corrected chi connectivity index (χ4v) is 4.85. The summed E-state index contributed by atoms with van der Waals surface area (Å²) in [5.41, 5.74) is 2.32. The van der Waals surface area contributed by atoms with E-state index < -0.39 is 0 Å². The van der Waals surface area contributed by atoms with E-state index in [1.165, 1.54) is 5.56 Å². The summed E-state index contributed by atoms with van der Waals surface area (Å²) in [6, 6.07) is 12.2. The lowest BCUT2D eigenvalue weighted by atomic mass is 9.71. The van der Waals surface area contributed by atoms with E-state index in [0.29, 0.717) is 6.54 Å². The fourth-order valence-electron chi connectivity index (χ4n) is 4.85. The molecule has 0 aliphatic carbocycles. The molecule has 0 bridgehead atoms. The quantitative estimate of drug-likeness (QED) is 0.739. The molecule has 6 nitrogen and oxygen atoms in total. The van der Waals surface area contributed by atoms with Crippen molar-refractivity contribution < 1.29 is 14.3 Å². The number of nitrogens with one attached hydrogen (secondary N) is 1. The van der Waals surface area contributed by atoms with Crippen molar-refractivity contribution in [3.63, 3.8) is 0 Å². The second kappa shape index (κ2) is 9.79. The lowest BCUT2D eigenvalue weighted by Crippen LogP contribution is -2.44. The topological polar surface area (TPSA) is 63.7 Å². The molecule has 31 heavy (non-hydrogen) atoms. The van der Waals surface area contributed by atoms with Crippen LogP contribution in [0.1, 0.15) is 37.8 Å². The number of amides is 1. The fraction of sp³-hybridized carbons (Fsp3) is 0.520. The Bertz CT molecular complexity index is 848. The minimum Gasteiger partial charge on any atom is -0.491 e. The van der Waals surface area contributed by atoms with Crippen LogP contribution in [0.25, 0.3) is 0 Å². The molecule has 1 amide bonds. The molecule has 2 aliphatic heterocycles. The Balaban J connectivity index is 1.42. The Morgan fingerprint density at radius 2 is 1.87 bits per heavy atom. The van der Waals surface area contributed by atoms with Crippen LogP contribution in [0.2, 0.25) is 0 Å². The van der Waals surface area contributed by atoms with Crippen molar-refractivity contribution in [2.75, 3.05) is 26.3 Å². The van der Waals surface area contributed by atoms with Crippen molar-refractivity contribution >= 4 is 5.91 Å². The van der Waals surface area contributed by atoms with Crippen LogP contribution in [0, 0.1) is 11.3 Å². The third-order valence-corrected chi connectivity index (χ3v) is 6.44. The van der Waals surface area contributed by atoms with E-state index in [1.54, 1.807) is 12.4 Å². The normalized spacial score (nSPS) is 20.8. The molecular formula is C25H33N3O3. The van der Waals surface area contributed by atoms with E-state index in [4.69, 9.17) is 9.47 Å². The summed E-state index contributed by atoms with van der Waals surface area (Å²) < 4.78 is 11.4. The maximum absolute atomic E-state index is 13.2. The van der Waals surface area contributed by atoms with Gasteiger partial charge in [-0.25, -0.2) is 0 Å². The molecule has 3 heterocycles. The highest BCUT2D eigenvalue weighted by Gasteiger charge is 2.50. The number of pyridine rings is 1. The molecule has 0 radical (unpaired) electrons. The van der Waals surface area contributed by atoms with E-state index in [9.17, 15) is 4.79 Å². The van der Waals surface area contributed by atoms with Crippen molar-refractivity contribution in [2.24, 2.45) is 11.3 Å². The van der Waals surface area contributed by atoms with Crippen molar-refractivity contribution in [3.8, 4) is 5.75 Å². The largest absolute Gasteiger partial charge is 0.491 e. The average Bonchev–Trinajstić information content (AvgIpc) is 3.11. The Hall–Kier alpha value is -2.44. The molecule has 4 rings (SSSR count). The SMILES string of the molecule is CC(C)Oc1ccc(CN2CC(C(=O)NCc3ccncc3)C3(CCOCC3)C2)cc1. The molecule has 1 atom stereocenters. The number of carbonyl (C=O) groups is 1. The molecule has 166 valence electrons. The summed E-state index contributed by atoms with van der Waals surface area (Å²) in [5.74, 6) is 1.04. The Morgan fingerprint density at radius 1 is 1.16 bits per heavy atom. The Labute approximate surface area is 185 Å². The minimum absolute atomic E-state index is 0.00126. The monoisotopic (exact) mass is 423 g/mol. The Morgan fingerprint density at radius 3 is 2.55 bits per heavy atom. The number of nitrogens with zero attached hydrogens (tertiary/aromatic N) is 2. The second-order valence-electron chi connectivity index (χ2n) is 9.08. The van der Waals surface area contributed by atoms with Gasteiger partial charge in [0.25, 0.3) is 0 Å². The van der Waals surface area contributed by atoms with E-state index in [2.05, 4.69) is 27.3 Å². The van der Waals surface area contributed by atoms with Gasteiger partial charge in [-0.2, -0.15) is 0 Å². The highest BCUT2D eigenvalue weighted by atomic mass is 16.5. The van der Waals surface area contributed by atoms with Crippen LogP contribution >= 0.6 is 0 Å². The first kappa shape index (κ1) is 21.8. The van der Waals surface area contributed by atoms with Crippen molar-refractivity contribution in [3.05, 3.63) is 59.9 Å². The number of benzene rings is 1. The van der Waals surface area contributed by atoms with Gasteiger partial charge in [-0.1, -0.05) is 12.1 Å². The van der Waals surface area contributed by atoms with E-state index in [-0.39, 0.29) is 23.3 Å². The standard InChI is InChI=1S/C25H33N3O3/c1-19(2)31-22-5-3-21(4-6-22)16-28-17-23(25(18-28)9-13-30-14-10-25)24(29)27-15-20-7-11-26-12-8-20/h3-8,11-12,19,23H,9-10,13-18H2,1-2H3,(H,27,29). The van der Waals surface area contributed by atoms with Gasteiger partial charge in [0, 0.05) is 57.2 Å². The number of rotatable bonds is 7. The summed E-state index contributed by atoms with van der Waals surface area (Å²) in [6.07, 6.45) is 5.58. The van der Waals surface area contributed by atoms with E-state index in [0.717, 1.165) is 57.0 Å². The molecule has 1 aromatic carbocycles. The molecule has 2 aliphatic rings. The maximum atomic E-state index is 13.2. The van der Waals surface area contributed by atoms with E-state index in [1.807, 2.05) is 38.1 Å². The zero-order valence-electron chi connectivity index (χ0n) is 18.5. The van der Waals surface area contributed by atoms with Gasteiger partial charge in [0.1, 0.15) is 5.75 Å². The van der Waals surface area contributed by atoms with E-state index >= 15 is 0 Å². The van der Waals surface area contributed by atoms with Crippen LogP contribution in [0.3, 0.4) is 0 Å². The third kappa shape index (κ3) is 5.43. The van der Waals surface area contributed by atoms with Crippen LogP contribution in [0.5, 0.6) is 5.75 Å². The Kier molecular flexibility index (Phi) is 6.88. The zero-order valence-corrected chi connectivity index (χ0v) is 18.5. The van der Waals surface area contributed by atoms with Crippen LogP contribution in [-0.4, -0.2) is 48.2 Å². The number of carbonyl (C=O) groups excluding carboxylic acids is 1. The highest BCUT2D eigenvalue weighted by molar-refractivity contribution is 5.80. The highest BCUT2D eigenvalue weighted by Crippen LogP contribution is 2.44. The predicted molar refractivity (Wildman–Crippen MR) is 120 cm³/mol. The first-order chi connectivity index (χ1) is 15.0. The van der Waals surface area contributed by atoms with Gasteiger partial charge in [-0.15, -0.1) is 0 Å². The lowest BCUT2D eigenvalue weighted by molar-refractivity contribution is -0.130. The first-order valence-electron chi connectivity index (χ1n) is 11.3. The number of ether oxygens (including phenoxy) is 2. The van der Waals surface area contributed by atoms with Crippen LogP contribution < -0.4 is 10.1 Å². The maximum Gasteiger partial charge on any atom is 0.225 e. The molecule has 1 unspecified atom stereocenters. The molecule has 2 aromatic rings. The number of hydrogen-bond donors (Lipinski definition) is 1. The second-order valence-corrected chi connectivity index (χ2v) is 9.08. The number of hydrogen-bond acceptors (Lipinski definition) is 5. The smallest absolute Gasteiger partial charge is 0.225 e. The number of likely N-dealkylation sites (tertiary alicyclic amines) is 1. The summed E-state index contributed by atoms with van der Waals surface area (Å²) >= 11 is 0. The molecule has 2 saturated heterocycles. The minimum atomic E-state index is -0.0122. The van der Waals surface area contributed by atoms with Gasteiger partial charge >= 0.3 is 0 Å². The van der Waals surface area contributed by atoms with Crippen molar-refractivity contribution in [2.45, 2.75) is 45.9 Å². The molecule has 6 heteroatoms. The lowest BCUT2D eigenvalue weighted by Gasteiger charge is -2.37. The number of aromatic nitrogens is 1. The van der Waals surface area contributed by atoms with Gasteiger partial charge in [0.05, 0.1) is 12.0 Å². The van der Waals surface area contributed by atoms with Crippen molar-refractivity contribution in [1.29, 1.82) is 0 Å². The van der Waals surface area contributed by atoms with Gasteiger partial charge in [0.15, 0.2) is 0 Å². The van der Waals surface area contributed by atoms with Crippen LogP contribution in [0.15, 0.2) is 48.8 Å². The van der Waals surface area contributed by atoms with Gasteiger partial charge in [0.2, 0.25) is 5.91 Å². The van der Waals surface area contributed by atoms with Gasteiger partial charge < -0.3 is 14.8 Å². The molecular weight excluding hydrogens is 390 g/mol. The van der Waals surface area contributed by atoms with Gasteiger partial charge in [-0.05, 0) is 62.1 Å². The summed E-state index contributed by atoms with van der Waals surface area (Å²) in [6.45, 7) is 8.66. The zero-order chi connectivity index (χ0) is 21.7. The summed E-state index contributed by atoms with van der Waals surface area (Å²) in [7, 11) is 0. The third-order valence-electron chi connectivity index (χ3n) is 6.44. The van der Waals surface area contributed by atoms with Crippen LogP contribution in [-0.2, 0) is 22.6 Å². The predicted octanol–water partition coefficient (Wildman–Crippen LogP) is 3.41. The summed E-state index contributed by atoms with van der Waals surface area (Å²) in [5, 5.41) is 3.17. The van der Waals surface area contributed by atoms with Gasteiger partial charge in [-0.3, -0.25) is 14.7 Å². The molecule has 0 saturated carbocycles. The molecule has 1 spiro atoms. The average molecular weight is 424 g/mol. The first-order valence-corrected chi connectivity index (χ1v) is 11.3. The molecule has 2 fully saturated rings. The molecule has 1 N–H and O–H groups in total. The molecule has 1 aromatic heterocycles. The van der Waals surface area contributed by atoms with Crippen molar-refractivity contribution in [1.82, 2.24) is 15.2 Å².